The van der Waals surface area contributed by atoms with Gasteiger partial charge in [-0.15, -0.1) is 0 Å². The summed E-state index contributed by atoms with van der Waals surface area (Å²) in [6, 6.07) is 0. The zero-order valence-electron chi connectivity index (χ0n) is 5.11. The number of hydrogen-bond acceptors (Lipinski definition) is 3. The molecule has 0 saturated heterocycles. The van der Waals surface area contributed by atoms with Crippen molar-refractivity contribution in [2.45, 2.75) is 19.3 Å². The van der Waals surface area contributed by atoms with Crippen molar-refractivity contribution in [2.75, 3.05) is 0 Å². The van der Waals surface area contributed by atoms with E-state index in [1.54, 1.807) is 6.08 Å². The topological polar surface area (TPSA) is 35.5 Å². The Labute approximate surface area is 53.3 Å². The minimum absolute atomic E-state index is 0.0195. The molecule has 9 heavy (non-hydrogen) atoms. The fourth-order valence-electron chi connectivity index (χ4n) is 0.587. The van der Waals surface area contributed by atoms with Gasteiger partial charge in [0.15, 0.2) is 6.29 Å². The Bertz CT molecular complexity index is 130. The molecule has 0 radical (unpaired) electrons. The van der Waals surface area contributed by atoms with Crippen molar-refractivity contribution < 1.29 is 14.3 Å². The predicted octanol–water partition coefficient (Wildman–Crippen LogP) is 0.460. The Morgan fingerprint density at radius 2 is 2.44 bits per heavy atom. The van der Waals surface area contributed by atoms with Crippen molar-refractivity contribution >= 4 is 6.29 Å². The molecule has 0 N–H and O–H groups in total. The van der Waals surface area contributed by atoms with Crippen molar-refractivity contribution in [1.82, 2.24) is 0 Å². The van der Waals surface area contributed by atoms with Gasteiger partial charge in [0.05, 0.1) is 12.4 Å². The van der Waals surface area contributed by atoms with Gasteiger partial charge in [0, 0.05) is 0 Å². The molecule has 1 heterocycles. The molecule has 2 atom stereocenters. The van der Waals surface area contributed by atoms with Crippen molar-refractivity contribution in [1.29, 1.82) is 0 Å². The van der Waals surface area contributed by atoms with Crippen LogP contribution in [0.25, 0.3) is 0 Å². The van der Waals surface area contributed by atoms with Gasteiger partial charge in [0.1, 0.15) is 0 Å². The van der Waals surface area contributed by atoms with E-state index in [4.69, 9.17) is 9.47 Å². The molecule has 0 bridgehead atoms. The van der Waals surface area contributed by atoms with E-state index in [2.05, 4.69) is 0 Å². The zero-order chi connectivity index (χ0) is 6.69. The Morgan fingerprint density at radius 3 is 2.89 bits per heavy atom. The van der Waals surface area contributed by atoms with Gasteiger partial charge in [-0.05, 0) is 13.0 Å². The van der Waals surface area contributed by atoms with Crippen molar-refractivity contribution in [3.63, 3.8) is 0 Å². The highest BCUT2D eigenvalue weighted by atomic mass is 16.7. The third-order valence-electron chi connectivity index (χ3n) is 1.02. The highest BCUT2D eigenvalue weighted by Gasteiger charge is 2.13. The van der Waals surface area contributed by atoms with Crippen LogP contribution in [0.4, 0.5) is 0 Å². The summed E-state index contributed by atoms with van der Waals surface area (Å²) in [4.78, 5) is 10.0. The first-order valence-electron chi connectivity index (χ1n) is 2.76. The summed E-state index contributed by atoms with van der Waals surface area (Å²) in [6.45, 7) is 1.84. The Hall–Kier alpha value is -0.830. The Morgan fingerprint density at radius 1 is 1.67 bits per heavy atom. The van der Waals surface area contributed by atoms with E-state index in [0.717, 1.165) is 0 Å². The number of rotatable bonds is 1. The minimum atomic E-state index is -0.704. The summed E-state index contributed by atoms with van der Waals surface area (Å²) in [7, 11) is 0. The molecule has 1 aliphatic rings. The molecule has 0 saturated carbocycles. The number of ether oxygens (including phenoxy) is 2. The highest BCUT2D eigenvalue weighted by Crippen LogP contribution is 2.05. The monoisotopic (exact) mass is 128 g/mol. The summed E-state index contributed by atoms with van der Waals surface area (Å²) in [5.74, 6) is 0. The first-order chi connectivity index (χ1) is 4.33. The Kier molecular flexibility index (Phi) is 1.85. The van der Waals surface area contributed by atoms with Crippen LogP contribution in [0.5, 0.6) is 0 Å². The van der Waals surface area contributed by atoms with Gasteiger partial charge in [-0.3, -0.25) is 4.79 Å². The molecule has 3 nitrogen and oxygen atoms in total. The van der Waals surface area contributed by atoms with Gasteiger partial charge in [0.2, 0.25) is 0 Å². The largest absolute Gasteiger partial charge is 0.466 e. The van der Waals surface area contributed by atoms with E-state index < -0.39 is 6.29 Å². The second-order valence-corrected chi connectivity index (χ2v) is 1.81. The maximum absolute atomic E-state index is 10.0. The van der Waals surface area contributed by atoms with E-state index >= 15 is 0 Å². The van der Waals surface area contributed by atoms with Gasteiger partial charge >= 0.3 is 0 Å². The second kappa shape index (κ2) is 2.64. The first kappa shape index (κ1) is 6.29. The molecule has 1 aliphatic heterocycles. The van der Waals surface area contributed by atoms with E-state index in [9.17, 15) is 4.79 Å². The Balaban J connectivity index is 2.46. The van der Waals surface area contributed by atoms with E-state index in [1.807, 2.05) is 6.92 Å². The summed E-state index contributed by atoms with van der Waals surface area (Å²) in [5.41, 5.74) is 0. The minimum Gasteiger partial charge on any atom is -0.466 e. The van der Waals surface area contributed by atoms with Crippen LogP contribution in [-0.2, 0) is 14.3 Å². The fourth-order valence-corrected chi connectivity index (χ4v) is 0.587. The molecule has 3 heteroatoms. The maximum Gasteiger partial charge on any atom is 0.256 e. The third-order valence-corrected chi connectivity index (χ3v) is 1.02. The van der Waals surface area contributed by atoms with Crippen molar-refractivity contribution in [2.24, 2.45) is 0 Å². The van der Waals surface area contributed by atoms with Crippen LogP contribution >= 0.6 is 0 Å². The summed E-state index contributed by atoms with van der Waals surface area (Å²) >= 11 is 0. The SMILES string of the molecule is CC1C=COC(C=O)O1. The van der Waals surface area contributed by atoms with E-state index in [1.165, 1.54) is 6.26 Å². The lowest BCUT2D eigenvalue weighted by Crippen LogP contribution is -2.24. The van der Waals surface area contributed by atoms with Gasteiger partial charge in [-0.1, -0.05) is 0 Å². The average Bonchev–Trinajstić information content (AvgIpc) is 1.88. The number of carbonyl (C=O) groups is 1. The molecule has 0 amide bonds. The second-order valence-electron chi connectivity index (χ2n) is 1.81. The summed E-state index contributed by atoms with van der Waals surface area (Å²) in [5, 5.41) is 0. The van der Waals surface area contributed by atoms with Crippen LogP contribution in [0, 0.1) is 0 Å². The van der Waals surface area contributed by atoms with Crippen LogP contribution in [-0.4, -0.2) is 18.7 Å². The van der Waals surface area contributed by atoms with E-state index in [-0.39, 0.29) is 6.10 Å². The standard InChI is InChI=1S/C6H8O3/c1-5-2-3-8-6(4-7)9-5/h2-6H,1H3. The average molecular weight is 128 g/mol. The zero-order valence-corrected chi connectivity index (χ0v) is 5.11. The predicted molar refractivity (Wildman–Crippen MR) is 30.6 cm³/mol. The quantitative estimate of drug-likeness (QED) is 0.481. The molecular weight excluding hydrogens is 120 g/mol. The molecule has 0 fully saturated rings. The number of aldehydes is 1. The lowest BCUT2D eigenvalue weighted by molar-refractivity contribution is -0.156. The normalized spacial score (nSPS) is 33.4. The lowest BCUT2D eigenvalue weighted by Gasteiger charge is -2.18. The lowest BCUT2D eigenvalue weighted by atomic mass is 10.4. The molecule has 1 rings (SSSR count). The molecule has 2 unspecified atom stereocenters. The van der Waals surface area contributed by atoms with Crippen molar-refractivity contribution in [3.05, 3.63) is 12.3 Å². The number of hydrogen-bond donors (Lipinski definition) is 0. The van der Waals surface area contributed by atoms with E-state index in [0.29, 0.717) is 6.29 Å². The summed E-state index contributed by atoms with van der Waals surface area (Å²) < 4.78 is 9.68. The third kappa shape index (κ3) is 1.54. The van der Waals surface area contributed by atoms with Gasteiger partial charge in [-0.2, -0.15) is 0 Å². The molecular formula is C6H8O3. The molecule has 0 aromatic carbocycles. The van der Waals surface area contributed by atoms with Crippen molar-refractivity contribution in [3.8, 4) is 0 Å². The number of carbonyl (C=O) groups excluding carboxylic acids is 1. The smallest absolute Gasteiger partial charge is 0.256 e. The van der Waals surface area contributed by atoms with Crippen LogP contribution in [0.2, 0.25) is 0 Å². The molecule has 0 aromatic rings. The first-order valence-corrected chi connectivity index (χ1v) is 2.76. The van der Waals surface area contributed by atoms with Crippen LogP contribution in [0.3, 0.4) is 0 Å². The molecule has 0 spiro atoms. The highest BCUT2D eigenvalue weighted by molar-refractivity contribution is 5.54. The molecule has 0 aromatic heterocycles. The van der Waals surface area contributed by atoms with Gasteiger partial charge < -0.3 is 9.47 Å². The van der Waals surface area contributed by atoms with Crippen LogP contribution < -0.4 is 0 Å². The van der Waals surface area contributed by atoms with Crippen LogP contribution in [0.1, 0.15) is 6.92 Å². The van der Waals surface area contributed by atoms with Gasteiger partial charge in [0.25, 0.3) is 6.29 Å². The maximum atomic E-state index is 10.0. The molecule has 50 valence electrons. The fraction of sp³-hybridized carbons (Fsp3) is 0.500. The van der Waals surface area contributed by atoms with Crippen LogP contribution in [0.15, 0.2) is 12.3 Å². The molecule has 0 aliphatic carbocycles. The summed E-state index contributed by atoms with van der Waals surface area (Å²) in [6.07, 6.45) is 3.12. The van der Waals surface area contributed by atoms with Gasteiger partial charge in [-0.25, -0.2) is 0 Å².